The summed E-state index contributed by atoms with van der Waals surface area (Å²) in [6, 6.07) is 45.7. The molecule has 4 heterocycles. The molecule has 0 radical (unpaired) electrons. The van der Waals surface area contributed by atoms with Crippen LogP contribution in [0.4, 0.5) is 0 Å². The van der Waals surface area contributed by atoms with Crippen molar-refractivity contribution in [1.82, 2.24) is 14.4 Å². The Morgan fingerprint density at radius 3 is 1.28 bits per heavy atom. The van der Waals surface area contributed by atoms with Gasteiger partial charge >= 0.3 is 0 Å². The van der Waals surface area contributed by atoms with Crippen LogP contribution in [0.3, 0.4) is 0 Å². The van der Waals surface area contributed by atoms with Gasteiger partial charge in [-0.05, 0) is 62.7 Å². The highest BCUT2D eigenvalue weighted by atomic mass is 14.9. The molecule has 0 unspecified atom stereocenters. The maximum Gasteiger partial charge on any atom is 0.0725 e. The Morgan fingerprint density at radius 2 is 0.814 bits per heavy atom. The average Bonchev–Trinajstić information content (AvgIpc) is 3.62. The van der Waals surface area contributed by atoms with Gasteiger partial charge in [0.25, 0.3) is 0 Å². The number of hydrogen-bond donors (Lipinski definition) is 0. The normalized spacial score (nSPS) is 11.7. The zero-order valence-corrected chi connectivity index (χ0v) is 23.3. The highest BCUT2D eigenvalue weighted by molar-refractivity contribution is 6.31. The minimum absolute atomic E-state index is 1.09. The van der Waals surface area contributed by atoms with Crippen LogP contribution in [0.15, 0.2) is 152 Å². The third kappa shape index (κ3) is 3.49. The molecule has 9 aromatic rings. The van der Waals surface area contributed by atoms with Crippen LogP contribution >= 0.6 is 0 Å². The Hall–Kier alpha value is -5.80. The van der Waals surface area contributed by atoms with Gasteiger partial charge in [-0.2, -0.15) is 0 Å². The van der Waals surface area contributed by atoms with Crippen molar-refractivity contribution in [3.8, 4) is 44.5 Å². The van der Waals surface area contributed by atoms with E-state index < -0.39 is 0 Å². The molecule has 0 aliphatic rings. The molecule has 0 saturated heterocycles. The van der Waals surface area contributed by atoms with Gasteiger partial charge in [0.05, 0.1) is 28.9 Å². The summed E-state index contributed by atoms with van der Waals surface area (Å²) in [5.74, 6) is 0. The summed E-state index contributed by atoms with van der Waals surface area (Å²) in [5.41, 5.74) is 13.1. The number of nitrogens with zero attached hydrogens (tertiary/aromatic N) is 3. The number of aromatic nitrogens is 3. The first kappa shape index (κ1) is 23.9. The topological polar surface area (TPSA) is 30.2 Å². The van der Waals surface area contributed by atoms with E-state index in [1.807, 2.05) is 24.8 Å². The van der Waals surface area contributed by atoms with Crippen LogP contribution in [0.25, 0.3) is 82.6 Å². The summed E-state index contributed by atoms with van der Waals surface area (Å²) in [5, 5.41) is 4.88. The molecule has 9 rings (SSSR count). The van der Waals surface area contributed by atoms with E-state index in [2.05, 4.69) is 142 Å². The van der Waals surface area contributed by atoms with Crippen molar-refractivity contribution < 1.29 is 0 Å². The molecule has 0 saturated carbocycles. The van der Waals surface area contributed by atoms with E-state index in [4.69, 9.17) is 0 Å². The first-order valence-electron chi connectivity index (χ1n) is 14.6. The van der Waals surface area contributed by atoms with Crippen molar-refractivity contribution in [2.45, 2.75) is 0 Å². The van der Waals surface area contributed by atoms with Crippen LogP contribution in [0, 0.1) is 0 Å². The molecule has 0 bridgehead atoms. The van der Waals surface area contributed by atoms with Crippen LogP contribution in [0.2, 0.25) is 0 Å². The van der Waals surface area contributed by atoms with E-state index in [0.717, 1.165) is 11.0 Å². The molecular weight excluding hydrogens is 522 g/mol. The monoisotopic (exact) mass is 547 g/mol. The Morgan fingerprint density at radius 1 is 0.395 bits per heavy atom. The first-order chi connectivity index (χ1) is 21.4. The highest BCUT2D eigenvalue weighted by Gasteiger charge is 2.25. The smallest absolute Gasteiger partial charge is 0.0725 e. The molecule has 0 spiro atoms. The fraction of sp³-hybridized carbons (Fsp3) is 0. The molecule has 43 heavy (non-hydrogen) atoms. The summed E-state index contributed by atoms with van der Waals surface area (Å²) >= 11 is 0. The van der Waals surface area contributed by atoms with Crippen molar-refractivity contribution in [2.75, 3.05) is 0 Å². The number of hydrogen-bond acceptors (Lipinski definition) is 2. The molecule has 3 nitrogen and oxygen atoms in total. The van der Waals surface area contributed by atoms with Gasteiger partial charge in [-0.25, -0.2) is 0 Å². The predicted octanol–water partition coefficient (Wildman–Crippen LogP) is 10.3. The fourth-order valence-electron chi connectivity index (χ4n) is 6.96. The first-order valence-corrected chi connectivity index (χ1v) is 14.6. The van der Waals surface area contributed by atoms with Gasteiger partial charge in [-0.15, -0.1) is 0 Å². The van der Waals surface area contributed by atoms with E-state index in [0.29, 0.717) is 0 Å². The number of fused-ring (bicyclic) bond motifs is 6. The molecule has 5 aromatic carbocycles. The Labute approximate surface area is 248 Å². The van der Waals surface area contributed by atoms with Crippen LogP contribution < -0.4 is 0 Å². The van der Waals surface area contributed by atoms with Crippen LogP contribution in [0.5, 0.6) is 0 Å². The van der Waals surface area contributed by atoms with Crippen molar-refractivity contribution >= 4 is 38.1 Å². The van der Waals surface area contributed by atoms with E-state index >= 15 is 0 Å². The van der Waals surface area contributed by atoms with Gasteiger partial charge in [0, 0.05) is 33.9 Å². The third-order valence-electron chi connectivity index (χ3n) is 8.75. The molecule has 4 aromatic heterocycles. The van der Waals surface area contributed by atoms with Gasteiger partial charge in [-0.1, -0.05) is 109 Å². The molecule has 200 valence electrons. The number of rotatable bonds is 4. The van der Waals surface area contributed by atoms with E-state index in [1.165, 1.54) is 71.6 Å². The van der Waals surface area contributed by atoms with Crippen LogP contribution in [-0.4, -0.2) is 14.4 Å². The Kier molecular flexibility index (Phi) is 5.20. The second-order valence-corrected chi connectivity index (χ2v) is 11.0. The molecule has 0 fully saturated rings. The van der Waals surface area contributed by atoms with Crippen molar-refractivity contribution in [2.24, 2.45) is 0 Å². The summed E-state index contributed by atoms with van der Waals surface area (Å²) in [6.45, 7) is 0. The average molecular weight is 548 g/mol. The van der Waals surface area contributed by atoms with E-state index in [-0.39, 0.29) is 0 Å². The third-order valence-corrected chi connectivity index (χ3v) is 8.75. The minimum atomic E-state index is 1.09. The molecule has 0 aliphatic heterocycles. The fourth-order valence-corrected chi connectivity index (χ4v) is 6.96. The Balaban J connectivity index is 1.51. The quantitative estimate of drug-likeness (QED) is 0.219. The molecule has 0 aliphatic carbocycles. The summed E-state index contributed by atoms with van der Waals surface area (Å²) in [6.07, 6.45) is 7.80. The van der Waals surface area contributed by atoms with Crippen molar-refractivity contribution in [3.05, 3.63) is 152 Å². The highest BCUT2D eigenvalue weighted by Crippen LogP contribution is 2.50. The van der Waals surface area contributed by atoms with Crippen LogP contribution in [-0.2, 0) is 0 Å². The minimum Gasteiger partial charge on any atom is -0.305 e. The lowest BCUT2D eigenvalue weighted by Crippen LogP contribution is -1.91. The lowest BCUT2D eigenvalue weighted by molar-refractivity contribution is 1.27. The van der Waals surface area contributed by atoms with E-state index in [9.17, 15) is 0 Å². The van der Waals surface area contributed by atoms with Gasteiger partial charge < -0.3 is 4.40 Å². The summed E-state index contributed by atoms with van der Waals surface area (Å²) in [7, 11) is 0. The zero-order chi connectivity index (χ0) is 28.3. The SMILES string of the molecule is c1ccc(-c2ccccc2-c2cc(-c3ccccc3-c3ccccc3)c3c4ccncc4n4c5cnccc5c2c34)cc1. The van der Waals surface area contributed by atoms with Gasteiger partial charge in [0.1, 0.15) is 0 Å². The second kappa shape index (κ2) is 9.37. The lowest BCUT2D eigenvalue weighted by atomic mass is 9.86. The summed E-state index contributed by atoms with van der Waals surface area (Å²) < 4.78 is 2.37. The Bertz CT molecular complexity index is 2270. The zero-order valence-electron chi connectivity index (χ0n) is 23.3. The lowest BCUT2D eigenvalue weighted by Gasteiger charge is -2.17. The van der Waals surface area contributed by atoms with Crippen LogP contribution in [0.1, 0.15) is 0 Å². The number of benzene rings is 5. The van der Waals surface area contributed by atoms with Gasteiger partial charge in [-0.3, -0.25) is 9.97 Å². The molecule has 3 heteroatoms. The second-order valence-electron chi connectivity index (χ2n) is 11.0. The van der Waals surface area contributed by atoms with Crippen molar-refractivity contribution in [3.63, 3.8) is 0 Å². The maximum absolute atomic E-state index is 4.57. The molecule has 0 amide bonds. The summed E-state index contributed by atoms with van der Waals surface area (Å²) in [4.78, 5) is 9.15. The van der Waals surface area contributed by atoms with Gasteiger partial charge in [0.15, 0.2) is 0 Å². The number of pyridine rings is 2. The molecule has 0 atom stereocenters. The van der Waals surface area contributed by atoms with Crippen molar-refractivity contribution in [1.29, 1.82) is 0 Å². The largest absolute Gasteiger partial charge is 0.305 e. The maximum atomic E-state index is 4.57. The standard InChI is InChI=1S/C40H25N3/c1-3-11-26(12-4-1)28-15-7-9-17-30(28)34-23-35(31-18-10-8-16-29(31)27-13-5-2-6-14-27)39-33-20-22-42-25-37(33)43-36-24-41-21-19-32(36)38(34)40(39)43/h1-25H. The van der Waals surface area contributed by atoms with Gasteiger partial charge in [0.2, 0.25) is 0 Å². The molecule has 0 N–H and O–H groups in total. The predicted molar refractivity (Wildman–Crippen MR) is 178 cm³/mol. The molecular formula is C40H25N3. The van der Waals surface area contributed by atoms with E-state index in [1.54, 1.807) is 0 Å².